The fraction of sp³-hybridized carbons (Fsp3) is 0.0435. The monoisotopic (exact) mass is 385 g/mol. The fourth-order valence-electron chi connectivity index (χ4n) is 3.35. The molecule has 2 aromatic heterocycles. The van der Waals surface area contributed by atoms with E-state index in [-0.39, 0.29) is 5.82 Å². The maximum atomic E-state index is 13.9. The molecule has 0 bridgehead atoms. The first-order valence-electron chi connectivity index (χ1n) is 8.98. The Kier molecular flexibility index (Phi) is 4.29. The van der Waals surface area contributed by atoms with Crippen LogP contribution in [-0.2, 0) is 5.75 Å². The molecule has 0 aliphatic carbocycles. The number of benzene rings is 3. The van der Waals surface area contributed by atoms with Crippen LogP contribution in [0.2, 0.25) is 0 Å². The lowest BCUT2D eigenvalue weighted by atomic mass is 10.0. The molecular weight excluding hydrogens is 369 g/mol. The van der Waals surface area contributed by atoms with Crippen molar-refractivity contribution in [1.82, 2.24) is 14.6 Å². The molecule has 0 aliphatic rings. The van der Waals surface area contributed by atoms with E-state index in [1.165, 1.54) is 28.6 Å². The number of halogens is 1. The molecule has 3 nitrogen and oxygen atoms in total. The van der Waals surface area contributed by atoms with E-state index in [1.807, 2.05) is 35.0 Å². The number of thioether (sulfide) groups is 1. The van der Waals surface area contributed by atoms with Crippen LogP contribution in [0.1, 0.15) is 5.56 Å². The van der Waals surface area contributed by atoms with Crippen LogP contribution >= 0.6 is 11.8 Å². The minimum absolute atomic E-state index is 0.188. The Morgan fingerprint density at radius 3 is 2.68 bits per heavy atom. The Morgan fingerprint density at radius 1 is 0.929 bits per heavy atom. The number of fused-ring (bicyclic) bond motifs is 2. The summed E-state index contributed by atoms with van der Waals surface area (Å²) in [4.78, 5) is 4.50. The topological polar surface area (TPSA) is 30.2 Å². The van der Waals surface area contributed by atoms with Gasteiger partial charge in [0.15, 0.2) is 0 Å². The summed E-state index contributed by atoms with van der Waals surface area (Å²) in [5.41, 5.74) is 3.58. The molecule has 0 N–H and O–H groups in total. The van der Waals surface area contributed by atoms with Crippen LogP contribution in [0.15, 0.2) is 90.2 Å². The van der Waals surface area contributed by atoms with E-state index in [0.717, 1.165) is 21.8 Å². The quantitative estimate of drug-likeness (QED) is 0.357. The molecule has 5 heteroatoms. The van der Waals surface area contributed by atoms with E-state index in [4.69, 9.17) is 5.10 Å². The lowest BCUT2D eigenvalue weighted by Gasteiger charge is -2.04. The van der Waals surface area contributed by atoms with Crippen molar-refractivity contribution in [2.45, 2.75) is 10.8 Å². The third-order valence-electron chi connectivity index (χ3n) is 4.74. The summed E-state index contributed by atoms with van der Waals surface area (Å²) in [7, 11) is 0. The van der Waals surface area contributed by atoms with E-state index < -0.39 is 0 Å². The first kappa shape index (κ1) is 17.0. The van der Waals surface area contributed by atoms with E-state index in [2.05, 4.69) is 35.3 Å². The molecule has 28 heavy (non-hydrogen) atoms. The average molecular weight is 385 g/mol. The largest absolute Gasteiger partial charge is 0.246 e. The zero-order valence-electron chi connectivity index (χ0n) is 14.9. The normalized spacial score (nSPS) is 11.3. The lowest BCUT2D eigenvalue weighted by molar-refractivity contribution is 0.617. The molecule has 0 amide bonds. The summed E-state index contributed by atoms with van der Waals surface area (Å²) in [6, 6.07) is 23.4. The van der Waals surface area contributed by atoms with Crippen molar-refractivity contribution in [2.24, 2.45) is 0 Å². The predicted octanol–water partition coefficient (Wildman–Crippen LogP) is 5.98. The first-order chi connectivity index (χ1) is 13.8. The van der Waals surface area contributed by atoms with E-state index in [1.54, 1.807) is 18.3 Å². The van der Waals surface area contributed by atoms with E-state index in [9.17, 15) is 4.39 Å². The van der Waals surface area contributed by atoms with Crippen LogP contribution in [-0.4, -0.2) is 14.6 Å². The number of hydrogen-bond acceptors (Lipinski definition) is 3. The summed E-state index contributed by atoms with van der Waals surface area (Å²) in [5.74, 6) is 0.334. The third kappa shape index (κ3) is 3.04. The van der Waals surface area contributed by atoms with Gasteiger partial charge in [0.05, 0.1) is 11.2 Å². The SMILES string of the molecule is Fc1ccccc1CSc1nccn2nc(-c3cccc4ccccc34)cc12. The minimum Gasteiger partial charge on any atom is -0.246 e. The number of hydrogen-bond donors (Lipinski definition) is 0. The average Bonchev–Trinajstić information content (AvgIpc) is 3.17. The van der Waals surface area contributed by atoms with Crippen molar-refractivity contribution in [3.8, 4) is 11.3 Å². The summed E-state index contributed by atoms with van der Waals surface area (Å²) < 4.78 is 15.8. The van der Waals surface area contributed by atoms with Crippen molar-refractivity contribution in [3.05, 3.63) is 96.6 Å². The molecule has 0 spiro atoms. The molecule has 0 unspecified atom stereocenters. The van der Waals surface area contributed by atoms with Crippen molar-refractivity contribution in [1.29, 1.82) is 0 Å². The highest BCUT2D eigenvalue weighted by atomic mass is 32.2. The standard InChI is InChI=1S/C23H16FN3S/c24-20-11-4-2-7-17(20)15-28-23-22-14-21(26-27(22)13-12-25-23)19-10-5-8-16-6-1-3-9-18(16)19/h1-14H,15H2. The summed E-state index contributed by atoms with van der Waals surface area (Å²) in [6.07, 6.45) is 3.58. The summed E-state index contributed by atoms with van der Waals surface area (Å²) >= 11 is 1.52. The van der Waals surface area contributed by atoms with Crippen molar-refractivity contribution >= 4 is 28.1 Å². The van der Waals surface area contributed by atoms with Crippen LogP contribution in [0.3, 0.4) is 0 Å². The van der Waals surface area contributed by atoms with Crippen molar-refractivity contribution < 1.29 is 4.39 Å². The number of aromatic nitrogens is 3. The molecule has 5 rings (SSSR count). The van der Waals surface area contributed by atoms with Gasteiger partial charge in [-0.05, 0) is 28.5 Å². The van der Waals surface area contributed by atoms with Gasteiger partial charge in [0.25, 0.3) is 0 Å². The molecule has 136 valence electrons. The van der Waals surface area contributed by atoms with Gasteiger partial charge >= 0.3 is 0 Å². The molecule has 0 fully saturated rings. The van der Waals surface area contributed by atoms with Crippen molar-refractivity contribution in [3.63, 3.8) is 0 Å². The molecule has 0 atom stereocenters. The maximum Gasteiger partial charge on any atom is 0.127 e. The predicted molar refractivity (Wildman–Crippen MR) is 112 cm³/mol. The third-order valence-corrected chi connectivity index (χ3v) is 5.79. The first-order valence-corrected chi connectivity index (χ1v) is 9.97. The van der Waals surface area contributed by atoms with Gasteiger partial charge in [-0.25, -0.2) is 13.9 Å². The van der Waals surface area contributed by atoms with Gasteiger partial charge in [0.2, 0.25) is 0 Å². The molecule has 0 aliphatic heterocycles. The van der Waals surface area contributed by atoms with E-state index in [0.29, 0.717) is 11.3 Å². The number of nitrogens with zero attached hydrogens (tertiary/aromatic N) is 3. The van der Waals surface area contributed by atoms with Gasteiger partial charge in [-0.1, -0.05) is 72.4 Å². The van der Waals surface area contributed by atoms with Gasteiger partial charge in [-0.15, -0.1) is 0 Å². The minimum atomic E-state index is -0.188. The van der Waals surface area contributed by atoms with Gasteiger partial charge < -0.3 is 0 Å². The molecule has 5 aromatic rings. The van der Waals surface area contributed by atoms with Crippen molar-refractivity contribution in [2.75, 3.05) is 0 Å². The van der Waals surface area contributed by atoms with Gasteiger partial charge in [-0.3, -0.25) is 0 Å². The van der Waals surface area contributed by atoms with Crippen LogP contribution in [0, 0.1) is 5.82 Å². The molecule has 3 aromatic carbocycles. The molecule has 0 saturated heterocycles. The second-order valence-corrected chi connectivity index (χ2v) is 7.46. The second-order valence-electron chi connectivity index (χ2n) is 6.50. The number of rotatable bonds is 4. The summed E-state index contributed by atoms with van der Waals surface area (Å²) in [6.45, 7) is 0. The van der Waals surface area contributed by atoms with E-state index >= 15 is 0 Å². The Balaban J connectivity index is 1.55. The highest BCUT2D eigenvalue weighted by molar-refractivity contribution is 7.98. The Labute approximate surface area is 165 Å². The fourth-order valence-corrected chi connectivity index (χ4v) is 4.31. The van der Waals surface area contributed by atoms with Crippen LogP contribution in [0.4, 0.5) is 4.39 Å². The Bertz CT molecular complexity index is 1290. The zero-order valence-corrected chi connectivity index (χ0v) is 15.7. The molecule has 0 radical (unpaired) electrons. The molecule has 2 heterocycles. The van der Waals surface area contributed by atoms with Gasteiger partial charge in [-0.2, -0.15) is 5.10 Å². The Morgan fingerprint density at radius 2 is 1.75 bits per heavy atom. The Hall–Kier alpha value is -3.18. The second kappa shape index (κ2) is 7.09. The zero-order chi connectivity index (χ0) is 18.9. The summed E-state index contributed by atoms with van der Waals surface area (Å²) in [5, 5.41) is 7.95. The lowest BCUT2D eigenvalue weighted by Crippen LogP contribution is -1.92. The maximum absolute atomic E-state index is 13.9. The molecular formula is C23H16FN3S. The van der Waals surface area contributed by atoms with Crippen LogP contribution in [0.25, 0.3) is 27.5 Å². The van der Waals surface area contributed by atoms with Crippen LogP contribution in [0.5, 0.6) is 0 Å². The van der Waals surface area contributed by atoms with Crippen LogP contribution < -0.4 is 0 Å². The van der Waals surface area contributed by atoms with Gasteiger partial charge in [0.1, 0.15) is 10.8 Å². The molecule has 0 saturated carbocycles. The highest BCUT2D eigenvalue weighted by Gasteiger charge is 2.12. The highest BCUT2D eigenvalue weighted by Crippen LogP contribution is 2.31. The van der Waals surface area contributed by atoms with Gasteiger partial charge in [0, 0.05) is 23.7 Å². The smallest absolute Gasteiger partial charge is 0.127 e.